The van der Waals surface area contributed by atoms with Crippen LogP contribution >= 0.6 is 18.9 Å². The molecule has 5 rings (SSSR count). The Morgan fingerprint density at radius 1 is 1.18 bits per heavy atom. The van der Waals surface area contributed by atoms with Crippen LogP contribution in [0.5, 0.6) is 0 Å². The summed E-state index contributed by atoms with van der Waals surface area (Å²) in [7, 11) is -5.74. The molecule has 3 N–H and O–H groups in total. The van der Waals surface area contributed by atoms with Crippen LogP contribution in [0.3, 0.4) is 0 Å². The molecule has 208 valence electrons. The molecule has 3 fully saturated rings. The van der Waals surface area contributed by atoms with Crippen LogP contribution in [-0.4, -0.2) is 68.5 Å². The number of nitriles is 1. The van der Waals surface area contributed by atoms with Crippen molar-refractivity contribution in [1.82, 2.24) is 15.1 Å². The standard InChI is InChI=1S/C25H27F2N4O6PS/c26-25(27,38(35,36)37)16-4-7-20-15(10-16)11-21(39-20)22(32)29-18-3-1-2-17-5-6-19(31(17)23(18)33)24(34)30-12-14(13-30)8-9-28/h4,7,10-11,14,17-19H,1-3,5-6,8,12-13H2,(H,29,32)(H2,35,36,37)/t17-,18?,19-/m0/s1. The van der Waals surface area contributed by atoms with Crippen molar-refractivity contribution in [2.24, 2.45) is 5.92 Å². The Bertz CT molecular complexity index is 1410. The number of hydrogen-bond donors (Lipinski definition) is 3. The fraction of sp³-hybridized carbons (Fsp3) is 0.520. The summed E-state index contributed by atoms with van der Waals surface area (Å²) in [5, 5.41) is 11.8. The number of rotatable bonds is 6. The topological polar surface area (TPSA) is 151 Å². The van der Waals surface area contributed by atoms with Gasteiger partial charge in [0.25, 0.3) is 5.91 Å². The fourth-order valence-electron chi connectivity index (χ4n) is 5.70. The molecule has 1 aromatic heterocycles. The number of halogens is 2. The van der Waals surface area contributed by atoms with Crippen molar-refractivity contribution in [2.75, 3.05) is 13.1 Å². The molecule has 0 saturated carbocycles. The Morgan fingerprint density at radius 2 is 1.92 bits per heavy atom. The highest BCUT2D eigenvalue weighted by Gasteiger charge is 2.50. The average Bonchev–Trinajstić information content (AvgIpc) is 3.44. The zero-order chi connectivity index (χ0) is 28.1. The van der Waals surface area contributed by atoms with Gasteiger partial charge in [0.2, 0.25) is 11.8 Å². The smallest absolute Gasteiger partial charge is 0.340 e. The number of carbonyl (C=O) groups excluding carboxylic acids is 3. The lowest BCUT2D eigenvalue weighted by Gasteiger charge is -2.41. The van der Waals surface area contributed by atoms with Crippen molar-refractivity contribution in [2.45, 2.75) is 62.3 Å². The van der Waals surface area contributed by atoms with Crippen LogP contribution in [0.1, 0.15) is 53.8 Å². The number of fused-ring (bicyclic) bond motifs is 2. The number of carbonyl (C=O) groups is 3. The van der Waals surface area contributed by atoms with Gasteiger partial charge in [0, 0.05) is 41.7 Å². The number of hydrogen-bond acceptors (Lipinski definition) is 6. The first-order valence-electron chi connectivity index (χ1n) is 12.7. The van der Waals surface area contributed by atoms with E-state index in [1.54, 1.807) is 9.80 Å². The quantitative estimate of drug-likeness (QED) is 0.444. The summed E-state index contributed by atoms with van der Waals surface area (Å²) in [6, 6.07) is 5.07. The largest absolute Gasteiger partial charge is 0.399 e. The van der Waals surface area contributed by atoms with Gasteiger partial charge in [-0.25, -0.2) is 0 Å². The maximum Gasteiger partial charge on any atom is 0.399 e. The van der Waals surface area contributed by atoms with Crippen LogP contribution < -0.4 is 5.32 Å². The number of nitrogens with zero attached hydrogens (tertiary/aromatic N) is 3. The third kappa shape index (κ3) is 5.07. The summed E-state index contributed by atoms with van der Waals surface area (Å²) in [5.41, 5.74) is -5.23. The van der Waals surface area contributed by atoms with Crippen LogP contribution in [0.25, 0.3) is 10.1 Å². The van der Waals surface area contributed by atoms with E-state index in [9.17, 15) is 27.7 Å². The Kier molecular flexibility index (Phi) is 7.26. The maximum atomic E-state index is 14.2. The Hall–Kier alpha value is -2.91. The molecule has 0 aliphatic carbocycles. The second-order valence-corrected chi connectivity index (χ2v) is 13.1. The highest BCUT2D eigenvalue weighted by molar-refractivity contribution is 7.52. The van der Waals surface area contributed by atoms with E-state index >= 15 is 0 Å². The van der Waals surface area contributed by atoms with Crippen molar-refractivity contribution in [3.8, 4) is 6.07 Å². The van der Waals surface area contributed by atoms with Gasteiger partial charge in [-0.05, 0) is 55.7 Å². The summed E-state index contributed by atoms with van der Waals surface area (Å²) in [5.74, 6) is -0.858. The van der Waals surface area contributed by atoms with Crippen molar-refractivity contribution >= 4 is 46.7 Å². The highest BCUT2D eigenvalue weighted by Crippen LogP contribution is 2.59. The van der Waals surface area contributed by atoms with Gasteiger partial charge in [0.1, 0.15) is 12.1 Å². The Morgan fingerprint density at radius 3 is 2.62 bits per heavy atom. The molecule has 14 heteroatoms. The lowest BCUT2D eigenvalue weighted by Crippen LogP contribution is -2.59. The Balaban J connectivity index is 1.30. The molecule has 39 heavy (non-hydrogen) atoms. The first kappa shape index (κ1) is 27.6. The van der Waals surface area contributed by atoms with Gasteiger partial charge in [0.05, 0.1) is 10.9 Å². The van der Waals surface area contributed by atoms with E-state index in [2.05, 4.69) is 11.4 Å². The molecule has 2 aromatic rings. The van der Waals surface area contributed by atoms with E-state index in [1.807, 2.05) is 0 Å². The normalized spacial score (nSPS) is 24.2. The SMILES string of the molecule is N#CCC1CN(C(=O)[C@@H]2CC[C@@H]3CCCC(NC(=O)c4cc5cc(C(F)(F)P(=O)(O)O)ccc5s4)C(=O)N32)C1. The minimum absolute atomic E-state index is 0.0806. The van der Waals surface area contributed by atoms with Crippen LogP contribution in [-0.2, 0) is 19.8 Å². The molecule has 0 bridgehead atoms. The zero-order valence-electron chi connectivity index (χ0n) is 20.8. The summed E-state index contributed by atoms with van der Waals surface area (Å²) in [4.78, 5) is 61.3. The molecule has 3 atom stereocenters. The van der Waals surface area contributed by atoms with Gasteiger partial charge in [-0.15, -0.1) is 11.3 Å². The molecule has 3 aliphatic heterocycles. The summed E-state index contributed by atoms with van der Waals surface area (Å²) in [6.45, 7) is 1.01. The predicted molar refractivity (Wildman–Crippen MR) is 137 cm³/mol. The molecular weight excluding hydrogens is 553 g/mol. The molecule has 10 nitrogen and oxygen atoms in total. The van der Waals surface area contributed by atoms with Crippen LogP contribution in [0.4, 0.5) is 8.78 Å². The molecule has 4 heterocycles. The molecule has 3 saturated heterocycles. The van der Waals surface area contributed by atoms with E-state index in [0.717, 1.165) is 29.9 Å². The predicted octanol–water partition coefficient (Wildman–Crippen LogP) is 3.14. The molecule has 0 radical (unpaired) electrons. The lowest BCUT2D eigenvalue weighted by molar-refractivity contribution is -0.149. The number of nitrogens with one attached hydrogen (secondary N) is 1. The van der Waals surface area contributed by atoms with Crippen molar-refractivity contribution in [3.05, 3.63) is 34.7 Å². The molecule has 1 unspecified atom stereocenters. The second-order valence-electron chi connectivity index (χ2n) is 10.4. The monoisotopic (exact) mass is 580 g/mol. The minimum atomic E-state index is -5.74. The lowest BCUT2D eigenvalue weighted by atomic mass is 9.95. The number of benzene rings is 1. The van der Waals surface area contributed by atoms with Gasteiger partial charge in [0.15, 0.2) is 0 Å². The zero-order valence-corrected chi connectivity index (χ0v) is 22.5. The fourth-order valence-corrected chi connectivity index (χ4v) is 7.12. The van der Waals surface area contributed by atoms with E-state index < -0.39 is 36.8 Å². The van der Waals surface area contributed by atoms with Gasteiger partial charge in [-0.3, -0.25) is 18.9 Å². The van der Waals surface area contributed by atoms with E-state index in [0.29, 0.717) is 49.9 Å². The van der Waals surface area contributed by atoms with Crippen molar-refractivity contribution < 1.29 is 37.5 Å². The van der Waals surface area contributed by atoms with E-state index in [4.69, 9.17) is 15.0 Å². The van der Waals surface area contributed by atoms with Gasteiger partial charge >= 0.3 is 13.3 Å². The molecule has 0 spiro atoms. The number of thiophene rings is 1. The maximum absolute atomic E-state index is 14.2. The van der Waals surface area contributed by atoms with Crippen molar-refractivity contribution in [3.63, 3.8) is 0 Å². The average molecular weight is 581 g/mol. The van der Waals surface area contributed by atoms with Crippen LogP contribution in [0.15, 0.2) is 24.3 Å². The van der Waals surface area contributed by atoms with Crippen molar-refractivity contribution in [1.29, 1.82) is 5.26 Å². The van der Waals surface area contributed by atoms with Gasteiger partial charge in [-0.2, -0.15) is 14.0 Å². The van der Waals surface area contributed by atoms with Gasteiger partial charge in [-0.1, -0.05) is 6.07 Å². The highest BCUT2D eigenvalue weighted by atomic mass is 32.1. The Labute approximate surface area is 226 Å². The van der Waals surface area contributed by atoms with Gasteiger partial charge < -0.3 is 24.9 Å². The third-order valence-corrected chi connectivity index (χ3v) is 9.88. The second kappa shape index (κ2) is 10.2. The third-order valence-electron chi connectivity index (χ3n) is 7.78. The van der Waals surface area contributed by atoms with Crippen LogP contribution in [0, 0.1) is 17.2 Å². The van der Waals surface area contributed by atoms with Crippen LogP contribution in [0.2, 0.25) is 0 Å². The first-order chi connectivity index (χ1) is 18.4. The molecule has 1 aromatic carbocycles. The molecule has 3 amide bonds. The summed E-state index contributed by atoms with van der Waals surface area (Å²) < 4.78 is 40.0. The van der Waals surface area contributed by atoms with E-state index in [1.165, 1.54) is 12.1 Å². The number of amides is 3. The first-order valence-corrected chi connectivity index (χ1v) is 15.1. The molecular formula is C25H27F2N4O6PS. The molecule has 3 aliphatic rings. The summed E-state index contributed by atoms with van der Waals surface area (Å²) in [6.07, 6.45) is 3.44. The van der Waals surface area contributed by atoms with E-state index in [-0.39, 0.29) is 34.0 Å². The summed E-state index contributed by atoms with van der Waals surface area (Å²) >= 11 is 1.01. The number of alkyl halides is 2. The number of likely N-dealkylation sites (tertiary alicyclic amines) is 1. The minimum Gasteiger partial charge on any atom is -0.340 e.